The zero-order valence-electron chi connectivity index (χ0n) is 11.3. The van der Waals surface area contributed by atoms with Gasteiger partial charge in [0.2, 0.25) is 0 Å². The second-order valence-electron chi connectivity index (χ2n) is 4.35. The Morgan fingerprint density at radius 2 is 2.10 bits per heavy atom. The number of carbonyl (C=O) groups excluding carboxylic acids is 1. The van der Waals surface area contributed by atoms with Crippen LogP contribution in [0.2, 0.25) is 0 Å². The second-order valence-corrected chi connectivity index (χ2v) is 4.35. The van der Waals surface area contributed by atoms with Crippen LogP contribution in [0.4, 0.5) is 18.9 Å². The molecule has 2 aromatic rings. The highest BCUT2D eigenvalue weighted by Gasteiger charge is 2.30. The van der Waals surface area contributed by atoms with Crippen LogP contribution in [-0.2, 0) is 6.54 Å². The summed E-state index contributed by atoms with van der Waals surface area (Å²) in [7, 11) is 1.49. The van der Waals surface area contributed by atoms with Crippen molar-refractivity contribution in [2.24, 2.45) is 0 Å². The van der Waals surface area contributed by atoms with Crippen molar-refractivity contribution >= 4 is 11.6 Å². The van der Waals surface area contributed by atoms with Crippen LogP contribution in [0.3, 0.4) is 0 Å². The van der Waals surface area contributed by atoms with Gasteiger partial charge >= 0.3 is 6.18 Å². The van der Waals surface area contributed by atoms with E-state index in [1.54, 1.807) is 18.3 Å². The summed E-state index contributed by atoms with van der Waals surface area (Å²) in [5.41, 5.74) is 0.526. The summed E-state index contributed by atoms with van der Waals surface area (Å²) in [5.74, 6) is -0.547. The molecule has 2 heterocycles. The molecule has 6 nitrogen and oxygen atoms in total. The topological polar surface area (TPSA) is 63.9 Å². The zero-order chi connectivity index (χ0) is 15.6. The fourth-order valence-electron chi connectivity index (χ4n) is 1.69. The SMILES string of the molecule is Cc1nn(CC(F)(F)F)nc1C(=O)N(C)c1cccnc1. The van der Waals surface area contributed by atoms with E-state index in [-0.39, 0.29) is 11.4 Å². The van der Waals surface area contributed by atoms with Crippen LogP contribution in [0.5, 0.6) is 0 Å². The van der Waals surface area contributed by atoms with Crippen molar-refractivity contribution in [2.75, 3.05) is 11.9 Å². The van der Waals surface area contributed by atoms with E-state index in [0.29, 0.717) is 10.5 Å². The molecule has 0 aromatic carbocycles. The van der Waals surface area contributed by atoms with Crippen molar-refractivity contribution in [2.45, 2.75) is 19.6 Å². The van der Waals surface area contributed by atoms with E-state index in [1.165, 1.54) is 25.1 Å². The number of anilines is 1. The summed E-state index contributed by atoms with van der Waals surface area (Å²) >= 11 is 0. The molecule has 1 amide bonds. The van der Waals surface area contributed by atoms with Crippen molar-refractivity contribution in [1.29, 1.82) is 0 Å². The number of pyridine rings is 1. The zero-order valence-corrected chi connectivity index (χ0v) is 11.3. The highest BCUT2D eigenvalue weighted by Crippen LogP contribution is 2.18. The van der Waals surface area contributed by atoms with Gasteiger partial charge in [-0.15, -0.1) is 5.10 Å². The van der Waals surface area contributed by atoms with Crippen LogP contribution in [0.1, 0.15) is 16.2 Å². The lowest BCUT2D eigenvalue weighted by Crippen LogP contribution is -2.27. The highest BCUT2D eigenvalue weighted by molar-refractivity contribution is 6.04. The summed E-state index contributed by atoms with van der Waals surface area (Å²) in [5, 5.41) is 7.23. The van der Waals surface area contributed by atoms with E-state index in [9.17, 15) is 18.0 Å². The van der Waals surface area contributed by atoms with E-state index < -0.39 is 18.6 Å². The summed E-state index contributed by atoms with van der Waals surface area (Å²) in [6, 6.07) is 3.30. The predicted octanol–water partition coefficient (Wildman–Crippen LogP) is 1.82. The molecule has 0 N–H and O–H groups in total. The predicted molar refractivity (Wildman–Crippen MR) is 67.8 cm³/mol. The summed E-state index contributed by atoms with van der Waals surface area (Å²) in [4.78, 5) is 17.8. The number of halogens is 3. The number of hydrogen-bond acceptors (Lipinski definition) is 4. The van der Waals surface area contributed by atoms with Gasteiger partial charge in [0.15, 0.2) is 12.2 Å². The van der Waals surface area contributed by atoms with Crippen LogP contribution in [0, 0.1) is 6.92 Å². The first kappa shape index (κ1) is 14.9. The Morgan fingerprint density at radius 3 is 2.67 bits per heavy atom. The van der Waals surface area contributed by atoms with Crippen molar-refractivity contribution in [1.82, 2.24) is 20.0 Å². The Kier molecular flexibility index (Phi) is 3.92. The molecule has 112 valence electrons. The van der Waals surface area contributed by atoms with E-state index >= 15 is 0 Å². The Bertz CT molecular complexity index is 638. The number of alkyl halides is 3. The molecule has 2 rings (SSSR count). The van der Waals surface area contributed by atoms with Gasteiger partial charge in [-0.2, -0.15) is 23.1 Å². The number of amides is 1. The minimum atomic E-state index is -4.44. The number of carbonyl (C=O) groups is 1. The standard InChI is InChI=1S/C12H12F3N5O/c1-8-10(18-20(17-8)7-12(13,14)15)11(21)19(2)9-4-3-5-16-6-9/h3-6H,7H2,1-2H3. The average Bonchev–Trinajstić information content (AvgIpc) is 2.76. The minimum Gasteiger partial charge on any atom is -0.308 e. The van der Waals surface area contributed by atoms with Crippen LogP contribution in [-0.4, -0.2) is 39.1 Å². The fourth-order valence-corrected chi connectivity index (χ4v) is 1.69. The number of aryl methyl sites for hydroxylation is 1. The molecule has 0 radical (unpaired) electrons. The first-order valence-corrected chi connectivity index (χ1v) is 5.94. The maximum atomic E-state index is 12.3. The molecule has 2 aromatic heterocycles. The molecule has 0 saturated carbocycles. The molecule has 21 heavy (non-hydrogen) atoms. The minimum absolute atomic E-state index is 0.120. The van der Waals surface area contributed by atoms with Crippen molar-refractivity contribution in [3.63, 3.8) is 0 Å². The van der Waals surface area contributed by atoms with Crippen molar-refractivity contribution in [3.8, 4) is 0 Å². The maximum Gasteiger partial charge on any atom is 0.409 e. The molecule has 0 spiro atoms. The number of rotatable bonds is 3. The first-order valence-electron chi connectivity index (χ1n) is 5.94. The first-order chi connectivity index (χ1) is 9.78. The molecular formula is C12H12F3N5O. The molecule has 0 aliphatic rings. The fraction of sp³-hybridized carbons (Fsp3) is 0.333. The molecule has 0 atom stereocenters. The third kappa shape index (κ3) is 3.56. The van der Waals surface area contributed by atoms with Gasteiger partial charge in [0.05, 0.1) is 17.6 Å². The number of nitrogens with zero attached hydrogens (tertiary/aromatic N) is 5. The van der Waals surface area contributed by atoms with E-state index in [0.717, 1.165) is 0 Å². The highest BCUT2D eigenvalue weighted by atomic mass is 19.4. The van der Waals surface area contributed by atoms with Gasteiger partial charge in [-0.25, -0.2) is 0 Å². The molecule has 9 heteroatoms. The number of hydrogen-bond donors (Lipinski definition) is 0. The van der Waals surface area contributed by atoms with Gasteiger partial charge in [0.1, 0.15) is 0 Å². The third-order valence-corrected chi connectivity index (χ3v) is 2.68. The van der Waals surface area contributed by atoms with E-state index in [2.05, 4.69) is 15.2 Å². The molecule has 0 bridgehead atoms. The molecule has 0 aliphatic carbocycles. The van der Waals surface area contributed by atoms with E-state index in [1.807, 2.05) is 0 Å². The van der Waals surface area contributed by atoms with Gasteiger partial charge in [-0.3, -0.25) is 9.78 Å². The molecule has 0 fully saturated rings. The monoisotopic (exact) mass is 299 g/mol. The van der Waals surface area contributed by atoms with Crippen LogP contribution in [0.25, 0.3) is 0 Å². The summed E-state index contributed by atoms with van der Waals surface area (Å²) in [6.07, 6.45) is -1.43. The molecule has 0 saturated heterocycles. The van der Waals surface area contributed by atoms with Crippen LogP contribution >= 0.6 is 0 Å². The van der Waals surface area contributed by atoms with Crippen molar-refractivity contribution in [3.05, 3.63) is 35.9 Å². The Hall–Kier alpha value is -2.45. The lowest BCUT2D eigenvalue weighted by molar-refractivity contribution is -0.144. The van der Waals surface area contributed by atoms with Gasteiger partial charge < -0.3 is 4.90 Å². The Labute approximate surface area is 118 Å². The number of aromatic nitrogens is 4. The lowest BCUT2D eigenvalue weighted by Gasteiger charge is -2.15. The Morgan fingerprint density at radius 1 is 1.38 bits per heavy atom. The molecule has 0 unspecified atom stereocenters. The van der Waals surface area contributed by atoms with Crippen molar-refractivity contribution < 1.29 is 18.0 Å². The quantitative estimate of drug-likeness (QED) is 0.867. The van der Waals surface area contributed by atoms with Gasteiger partial charge in [0, 0.05) is 13.2 Å². The molecule has 0 aliphatic heterocycles. The smallest absolute Gasteiger partial charge is 0.308 e. The second kappa shape index (κ2) is 5.51. The van der Waals surface area contributed by atoms with Gasteiger partial charge in [-0.05, 0) is 19.1 Å². The van der Waals surface area contributed by atoms with Gasteiger partial charge in [-0.1, -0.05) is 0 Å². The largest absolute Gasteiger partial charge is 0.409 e. The lowest BCUT2D eigenvalue weighted by atomic mass is 10.3. The van der Waals surface area contributed by atoms with E-state index in [4.69, 9.17) is 0 Å². The van der Waals surface area contributed by atoms with Crippen LogP contribution in [0.15, 0.2) is 24.5 Å². The maximum absolute atomic E-state index is 12.3. The van der Waals surface area contributed by atoms with Crippen LogP contribution < -0.4 is 4.90 Å². The van der Waals surface area contributed by atoms with Gasteiger partial charge in [0.25, 0.3) is 5.91 Å². The molecular weight excluding hydrogens is 287 g/mol. The Balaban J connectivity index is 2.24. The normalized spacial score (nSPS) is 11.5. The third-order valence-electron chi connectivity index (χ3n) is 2.68. The average molecular weight is 299 g/mol. The summed E-state index contributed by atoms with van der Waals surface area (Å²) in [6.45, 7) is 0.0991. The summed E-state index contributed by atoms with van der Waals surface area (Å²) < 4.78 is 36.9.